The standard InChI is InChI=1S/C21H21ClN4O2/c1-15(25-21(28)16-7-9-19(22)10-8-16)20(27)23-13-17-5-2-3-6-18(17)14-26-12-4-11-24-26/h2-12,15H,13-14H2,1H3,(H,23,27)(H,25,28). The summed E-state index contributed by atoms with van der Waals surface area (Å²) in [7, 11) is 0. The van der Waals surface area contributed by atoms with E-state index in [9.17, 15) is 9.59 Å². The largest absolute Gasteiger partial charge is 0.350 e. The average Bonchev–Trinajstić information content (AvgIpc) is 3.20. The third-order valence-electron chi connectivity index (χ3n) is 4.31. The Labute approximate surface area is 168 Å². The van der Waals surface area contributed by atoms with Crippen LogP contribution in [0, 0.1) is 0 Å². The molecule has 0 aliphatic rings. The van der Waals surface area contributed by atoms with Gasteiger partial charge >= 0.3 is 0 Å². The monoisotopic (exact) mass is 396 g/mol. The summed E-state index contributed by atoms with van der Waals surface area (Å²) in [5.41, 5.74) is 2.53. The van der Waals surface area contributed by atoms with Crippen LogP contribution in [-0.2, 0) is 17.9 Å². The number of nitrogens with zero attached hydrogens (tertiary/aromatic N) is 2. The van der Waals surface area contributed by atoms with E-state index in [1.54, 1.807) is 37.4 Å². The summed E-state index contributed by atoms with van der Waals surface area (Å²) < 4.78 is 1.83. The number of rotatable bonds is 7. The predicted molar refractivity (Wildman–Crippen MR) is 108 cm³/mol. The van der Waals surface area contributed by atoms with Crippen LogP contribution in [0.3, 0.4) is 0 Å². The molecule has 1 aromatic heterocycles. The first-order valence-electron chi connectivity index (χ1n) is 8.91. The first-order chi connectivity index (χ1) is 13.5. The van der Waals surface area contributed by atoms with Gasteiger partial charge < -0.3 is 10.6 Å². The number of halogens is 1. The lowest BCUT2D eigenvalue weighted by molar-refractivity contribution is -0.122. The zero-order valence-electron chi connectivity index (χ0n) is 15.4. The average molecular weight is 397 g/mol. The number of nitrogens with one attached hydrogen (secondary N) is 2. The van der Waals surface area contributed by atoms with Crippen molar-refractivity contribution in [2.24, 2.45) is 0 Å². The summed E-state index contributed by atoms with van der Waals surface area (Å²) in [4.78, 5) is 24.6. The molecule has 0 saturated carbocycles. The van der Waals surface area contributed by atoms with Crippen LogP contribution in [0.25, 0.3) is 0 Å². The van der Waals surface area contributed by atoms with Crippen LogP contribution >= 0.6 is 11.6 Å². The number of hydrogen-bond acceptors (Lipinski definition) is 3. The summed E-state index contributed by atoms with van der Waals surface area (Å²) in [6, 6.07) is 15.6. The Balaban J connectivity index is 1.56. The van der Waals surface area contributed by atoms with Gasteiger partial charge in [0, 0.05) is 29.5 Å². The molecule has 7 heteroatoms. The van der Waals surface area contributed by atoms with Crippen molar-refractivity contribution in [2.75, 3.05) is 0 Å². The highest BCUT2D eigenvalue weighted by Gasteiger charge is 2.16. The molecular formula is C21H21ClN4O2. The van der Waals surface area contributed by atoms with E-state index in [-0.39, 0.29) is 11.8 Å². The molecule has 2 N–H and O–H groups in total. The van der Waals surface area contributed by atoms with Gasteiger partial charge in [0.25, 0.3) is 5.91 Å². The van der Waals surface area contributed by atoms with E-state index in [2.05, 4.69) is 15.7 Å². The summed E-state index contributed by atoms with van der Waals surface area (Å²) in [5, 5.41) is 10.3. The zero-order valence-corrected chi connectivity index (χ0v) is 16.2. The maximum atomic E-state index is 12.4. The van der Waals surface area contributed by atoms with Gasteiger partial charge in [0.05, 0.1) is 6.54 Å². The quantitative estimate of drug-likeness (QED) is 0.644. The maximum absolute atomic E-state index is 12.4. The maximum Gasteiger partial charge on any atom is 0.251 e. The van der Waals surface area contributed by atoms with Crippen LogP contribution in [0.1, 0.15) is 28.4 Å². The molecule has 0 saturated heterocycles. The molecule has 0 spiro atoms. The van der Waals surface area contributed by atoms with E-state index in [1.807, 2.05) is 41.2 Å². The molecule has 2 amide bonds. The van der Waals surface area contributed by atoms with E-state index in [0.29, 0.717) is 23.7 Å². The van der Waals surface area contributed by atoms with Crippen molar-refractivity contribution in [3.05, 3.63) is 88.7 Å². The lowest BCUT2D eigenvalue weighted by atomic mass is 10.1. The second-order valence-corrected chi connectivity index (χ2v) is 6.83. The first-order valence-corrected chi connectivity index (χ1v) is 9.29. The molecule has 0 aliphatic carbocycles. The van der Waals surface area contributed by atoms with Crippen LogP contribution in [-0.4, -0.2) is 27.6 Å². The number of amides is 2. The van der Waals surface area contributed by atoms with Gasteiger partial charge in [-0.25, -0.2) is 0 Å². The fourth-order valence-corrected chi connectivity index (χ4v) is 2.86. The van der Waals surface area contributed by atoms with Gasteiger partial charge in [-0.2, -0.15) is 5.10 Å². The molecule has 2 aromatic carbocycles. The van der Waals surface area contributed by atoms with Crippen molar-refractivity contribution >= 4 is 23.4 Å². The number of benzene rings is 2. The van der Waals surface area contributed by atoms with E-state index >= 15 is 0 Å². The minimum Gasteiger partial charge on any atom is -0.350 e. The predicted octanol–water partition coefficient (Wildman–Crippen LogP) is 3.02. The molecule has 1 atom stereocenters. The summed E-state index contributed by atoms with van der Waals surface area (Å²) in [5.74, 6) is -0.574. The van der Waals surface area contributed by atoms with Crippen molar-refractivity contribution in [1.29, 1.82) is 0 Å². The van der Waals surface area contributed by atoms with Crippen LogP contribution in [0.4, 0.5) is 0 Å². The number of hydrogen-bond donors (Lipinski definition) is 2. The van der Waals surface area contributed by atoms with Crippen molar-refractivity contribution in [1.82, 2.24) is 20.4 Å². The van der Waals surface area contributed by atoms with Crippen molar-refractivity contribution in [2.45, 2.75) is 26.1 Å². The van der Waals surface area contributed by atoms with Gasteiger partial charge in [-0.1, -0.05) is 35.9 Å². The fourth-order valence-electron chi connectivity index (χ4n) is 2.73. The normalized spacial score (nSPS) is 11.6. The number of carbonyl (C=O) groups excluding carboxylic acids is 2. The molecule has 3 aromatic rings. The summed E-state index contributed by atoms with van der Waals surface area (Å²) in [6.07, 6.45) is 3.62. The molecule has 0 bridgehead atoms. The lowest BCUT2D eigenvalue weighted by Gasteiger charge is -2.16. The smallest absolute Gasteiger partial charge is 0.251 e. The minimum atomic E-state index is -0.665. The highest BCUT2D eigenvalue weighted by Crippen LogP contribution is 2.11. The summed E-state index contributed by atoms with van der Waals surface area (Å²) >= 11 is 5.83. The number of aromatic nitrogens is 2. The third-order valence-corrected chi connectivity index (χ3v) is 4.56. The third kappa shape index (κ3) is 5.20. The molecule has 1 heterocycles. The van der Waals surface area contributed by atoms with Gasteiger partial charge in [-0.15, -0.1) is 0 Å². The molecular weight excluding hydrogens is 376 g/mol. The van der Waals surface area contributed by atoms with Gasteiger partial charge in [0.15, 0.2) is 0 Å². The second-order valence-electron chi connectivity index (χ2n) is 6.39. The SMILES string of the molecule is CC(NC(=O)c1ccc(Cl)cc1)C(=O)NCc1ccccc1Cn1cccn1. The Hall–Kier alpha value is -3.12. The first kappa shape index (κ1) is 19.6. The molecule has 0 radical (unpaired) electrons. The zero-order chi connectivity index (χ0) is 19.9. The molecule has 0 aliphatic heterocycles. The fraction of sp³-hybridized carbons (Fsp3) is 0.190. The molecule has 28 heavy (non-hydrogen) atoms. The Kier molecular flexibility index (Phi) is 6.45. The van der Waals surface area contributed by atoms with Crippen molar-refractivity contribution in [3.63, 3.8) is 0 Å². The highest BCUT2D eigenvalue weighted by molar-refractivity contribution is 6.30. The number of carbonyl (C=O) groups is 2. The Bertz CT molecular complexity index is 939. The van der Waals surface area contributed by atoms with Crippen molar-refractivity contribution < 1.29 is 9.59 Å². The lowest BCUT2D eigenvalue weighted by Crippen LogP contribution is -2.44. The Morgan fingerprint density at radius 3 is 2.46 bits per heavy atom. The van der Waals surface area contributed by atoms with Crippen molar-refractivity contribution in [3.8, 4) is 0 Å². The van der Waals surface area contributed by atoms with E-state index in [4.69, 9.17) is 11.6 Å². The topological polar surface area (TPSA) is 76.0 Å². The van der Waals surface area contributed by atoms with Crippen LogP contribution in [0.2, 0.25) is 5.02 Å². The van der Waals surface area contributed by atoms with Crippen LogP contribution < -0.4 is 10.6 Å². The molecule has 6 nitrogen and oxygen atoms in total. The highest BCUT2D eigenvalue weighted by atomic mass is 35.5. The van der Waals surface area contributed by atoms with Gasteiger partial charge in [-0.05, 0) is 48.4 Å². The van der Waals surface area contributed by atoms with Gasteiger partial charge in [0.2, 0.25) is 5.91 Å². The van der Waals surface area contributed by atoms with E-state index < -0.39 is 6.04 Å². The van der Waals surface area contributed by atoms with E-state index in [1.165, 1.54) is 0 Å². The van der Waals surface area contributed by atoms with E-state index in [0.717, 1.165) is 11.1 Å². The van der Waals surface area contributed by atoms with Crippen LogP contribution in [0.5, 0.6) is 0 Å². The second kappa shape index (κ2) is 9.19. The molecule has 0 fully saturated rings. The van der Waals surface area contributed by atoms with Crippen LogP contribution in [0.15, 0.2) is 67.0 Å². The summed E-state index contributed by atoms with van der Waals surface area (Å²) in [6.45, 7) is 2.65. The van der Waals surface area contributed by atoms with Gasteiger partial charge in [-0.3, -0.25) is 14.3 Å². The molecule has 1 unspecified atom stereocenters. The van der Waals surface area contributed by atoms with Gasteiger partial charge in [0.1, 0.15) is 6.04 Å². The Morgan fingerprint density at radius 1 is 1.07 bits per heavy atom. The molecule has 144 valence electrons. The Morgan fingerprint density at radius 2 is 1.79 bits per heavy atom. The molecule has 3 rings (SSSR count). The minimum absolute atomic E-state index is 0.254.